The molecule has 0 aliphatic rings. The van der Waals surface area contributed by atoms with Crippen LogP contribution in [0.2, 0.25) is 5.02 Å². The summed E-state index contributed by atoms with van der Waals surface area (Å²) >= 11 is 8.88. The van der Waals surface area contributed by atoms with E-state index in [-0.39, 0.29) is 5.56 Å². The highest BCUT2D eigenvalue weighted by atomic mass is 79.9. The maximum Gasteiger partial charge on any atom is 0.337 e. The fourth-order valence-corrected chi connectivity index (χ4v) is 1.89. The van der Waals surface area contributed by atoms with E-state index >= 15 is 0 Å². The molecule has 1 aromatic rings. The Morgan fingerprint density at radius 2 is 2.20 bits per heavy atom. The lowest BCUT2D eigenvalue weighted by Crippen LogP contribution is -2.11. The van der Waals surface area contributed by atoms with Gasteiger partial charge >= 0.3 is 5.97 Å². The molecule has 4 nitrogen and oxygen atoms in total. The molecule has 0 radical (unpaired) electrons. The lowest BCUT2D eigenvalue weighted by atomic mass is 10.1. The van der Waals surface area contributed by atoms with E-state index < -0.39 is 12.1 Å². The number of methoxy groups -OCH3 is 1. The molecule has 0 aliphatic heterocycles. The Hall–Kier alpha value is -0.780. The highest BCUT2D eigenvalue weighted by Gasteiger charge is 2.21. The molecule has 1 rings (SSSR count). The third kappa shape index (κ3) is 2.62. The first-order chi connectivity index (χ1) is 6.97. The van der Waals surface area contributed by atoms with Crippen molar-refractivity contribution in [3.05, 3.63) is 27.2 Å². The minimum absolute atomic E-state index is 0.159. The van der Waals surface area contributed by atoms with Gasteiger partial charge in [-0.05, 0) is 28.1 Å². The number of aliphatic carboxylic acids is 1. The first-order valence-electron chi connectivity index (χ1n) is 3.91. The quantitative estimate of drug-likeness (QED) is 0.897. The van der Waals surface area contributed by atoms with Gasteiger partial charge in [0.05, 0.1) is 11.6 Å². The number of aliphatic hydroxyl groups excluding tert-OH is 1. The van der Waals surface area contributed by atoms with Gasteiger partial charge < -0.3 is 14.9 Å². The molecule has 0 heterocycles. The van der Waals surface area contributed by atoms with Crippen LogP contribution in [0, 0.1) is 0 Å². The smallest absolute Gasteiger partial charge is 0.337 e. The molecule has 1 atom stereocenters. The van der Waals surface area contributed by atoms with Gasteiger partial charge in [0.2, 0.25) is 0 Å². The molecule has 0 saturated carbocycles. The van der Waals surface area contributed by atoms with Gasteiger partial charge in [0, 0.05) is 10.6 Å². The molecular formula is C9H8BrClO4. The van der Waals surface area contributed by atoms with Crippen molar-refractivity contribution < 1.29 is 19.7 Å². The van der Waals surface area contributed by atoms with Gasteiger partial charge in [-0.3, -0.25) is 0 Å². The molecule has 0 amide bonds. The molecule has 15 heavy (non-hydrogen) atoms. The Morgan fingerprint density at radius 1 is 1.60 bits per heavy atom. The van der Waals surface area contributed by atoms with Crippen molar-refractivity contribution in [3.8, 4) is 5.75 Å². The van der Waals surface area contributed by atoms with Crippen LogP contribution in [0.15, 0.2) is 16.6 Å². The number of benzene rings is 1. The summed E-state index contributed by atoms with van der Waals surface area (Å²) in [6.45, 7) is 0. The van der Waals surface area contributed by atoms with Crippen LogP contribution in [0.4, 0.5) is 0 Å². The average molecular weight is 296 g/mol. The number of carboxylic acids is 1. The van der Waals surface area contributed by atoms with Gasteiger partial charge in [-0.2, -0.15) is 0 Å². The molecule has 6 heteroatoms. The van der Waals surface area contributed by atoms with Gasteiger partial charge in [0.25, 0.3) is 0 Å². The molecule has 2 N–H and O–H groups in total. The normalized spacial score (nSPS) is 12.3. The largest absolute Gasteiger partial charge is 0.496 e. The fraction of sp³-hybridized carbons (Fsp3) is 0.222. The minimum Gasteiger partial charge on any atom is -0.496 e. The number of hydrogen-bond acceptors (Lipinski definition) is 3. The maximum atomic E-state index is 10.6. The van der Waals surface area contributed by atoms with Crippen LogP contribution >= 0.6 is 27.5 Å². The van der Waals surface area contributed by atoms with Crippen molar-refractivity contribution >= 4 is 33.5 Å². The van der Waals surface area contributed by atoms with Gasteiger partial charge in [0.15, 0.2) is 6.10 Å². The number of hydrogen-bond donors (Lipinski definition) is 2. The third-order valence-electron chi connectivity index (χ3n) is 1.78. The predicted octanol–water partition coefficient (Wildman–Crippen LogP) is 2.23. The number of halogens is 2. The molecule has 0 fully saturated rings. The Kier molecular flexibility index (Phi) is 3.96. The first kappa shape index (κ1) is 12.3. The molecule has 0 aliphatic carbocycles. The molecule has 0 aromatic heterocycles. The SMILES string of the molecule is COc1cc(Cl)cc(C(O)C(=O)O)c1Br. The van der Waals surface area contributed by atoms with Crippen molar-refractivity contribution in [3.63, 3.8) is 0 Å². The van der Waals surface area contributed by atoms with E-state index in [9.17, 15) is 9.90 Å². The topological polar surface area (TPSA) is 66.8 Å². The molecule has 82 valence electrons. The lowest BCUT2D eigenvalue weighted by molar-refractivity contribution is -0.147. The van der Waals surface area contributed by atoms with Crippen LogP contribution in [0.3, 0.4) is 0 Å². The van der Waals surface area contributed by atoms with E-state index in [0.29, 0.717) is 15.2 Å². The summed E-state index contributed by atoms with van der Waals surface area (Å²) in [6.07, 6.45) is -1.63. The summed E-state index contributed by atoms with van der Waals surface area (Å²) in [7, 11) is 1.42. The highest BCUT2D eigenvalue weighted by Crippen LogP contribution is 2.35. The summed E-state index contributed by atoms with van der Waals surface area (Å²) in [5.41, 5.74) is 0.159. The van der Waals surface area contributed by atoms with Crippen molar-refractivity contribution in [1.82, 2.24) is 0 Å². The van der Waals surface area contributed by atoms with E-state index in [0.717, 1.165) is 0 Å². The predicted molar refractivity (Wildman–Crippen MR) is 58.3 cm³/mol. The highest BCUT2D eigenvalue weighted by molar-refractivity contribution is 9.10. The summed E-state index contributed by atoms with van der Waals surface area (Å²) in [4.78, 5) is 10.6. The molecule has 0 bridgehead atoms. The maximum absolute atomic E-state index is 10.6. The Balaban J connectivity index is 3.28. The summed E-state index contributed by atoms with van der Waals surface area (Å²) in [5, 5.41) is 18.3. The van der Waals surface area contributed by atoms with Gasteiger partial charge in [0.1, 0.15) is 5.75 Å². The third-order valence-corrected chi connectivity index (χ3v) is 2.85. The monoisotopic (exact) mass is 294 g/mol. The number of ether oxygens (including phenoxy) is 1. The zero-order valence-electron chi connectivity index (χ0n) is 7.70. The standard InChI is InChI=1S/C9H8BrClO4/c1-15-6-3-4(11)2-5(7(6)10)8(12)9(13)14/h2-3,8,12H,1H3,(H,13,14). The van der Waals surface area contributed by atoms with Crippen molar-refractivity contribution in [2.24, 2.45) is 0 Å². The zero-order chi connectivity index (χ0) is 11.6. The molecule has 1 unspecified atom stereocenters. The summed E-state index contributed by atoms with van der Waals surface area (Å²) in [5.74, 6) is -0.974. The van der Waals surface area contributed by atoms with E-state index in [4.69, 9.17) is 21.4 Å². The summed E-state index contributed by atoms with van der Waals surface area (Å²) < 4.78 is 5.34. The molecule has 0 saturated heterocycles. The second kappa shape index (κ2) is 4.83. The number of carbonyl (C=O) groups is 1. The van der Waals surface area contributed by atoms with Crippen LogP contribution in [0.1, 0.15) is 11.7 Å². The van der Waals surface area contributed by atoms with E-state index in [1.54, 1.807) is 0 Å². The lowest BCUT2D eigenvalue weighted by Gasteiger charge is -2.12. The van der Waals surface area contributed by atoms with Crippen molar-refractivity contribution in [1.29, 1.82) is 0 Å². The molecular weight excluding hydrogens is 287 g/mol. The van der Waals surface area contributed by atoms with E-state index in [1.165, 1.54) is 19.2 Å². The van der Waals surface area contributed by atoms with Crippen molar-refractivity contribution in [2.45, 2.75) is 6.10 Å². The van der Waals surface area contributed by atoms with Crippen LogP contribution in [0.25, 0.3) is 0 Å². The fourth-order valence-electron chi connectivity index (χ4n) is 1.06. The number of carboxylic acid groups (broad SMARTS) is 1. The van der Waals surface area contributed by atoms with E-state index in [1.807, 2.05) is 0 Å². The van der Waals surface area contributed by atoms with Crippen LogP contribution in [-0.2, 0) is 4.79 Å². The van der Waals surface area contributed by atoms with E-state index in [2.05, 4.69) is 15.9 Å². The summed E-state index contributed by atoms with van der Waals surface area (Å²) in [6, 6.07) is 2.89. The Labute approximate surface area is 99.6 Å². The Morgan fingerprint density at radius 3 is 2.67 bits per heavy atom. The first-order valence-corrected chi connectivity index (χ1v) is 5.08. The zero-order valence-corrected chi connectivity index (χ0v) is 10.0. The molecule has 0 spiro atoms. The molecule has 1 aromatic carbocycles. The van der Waals surface area contributed by atoms with Gasteiger partial charge in [-0.15, -0.1) is 0 Å². The Bertz CT molecular complexity index is 394. The number of aliphatic hydroxyl groups is 1. The van der Waals surface area contributed by atoms with Gasteiger partial charge in [-0.1, -0.05) is 11.6 Å². The average Bonchev–Trinajstić information content (AvgIpc) is 2.19. The minimum atomic E-state index is -1.63. The number of rotatable bonds is 3. The van der Waals surface area contributed by atoms with Crippen LogP contribution < -0.4 is 4.74 Å². The second-order valence-corrected chi connectivity index (χ2v) is 3.98. The van der Waals surface area contributed by atoms with Gasteiger partial charge in [-0.25, -0.2) is 4.79 Å². The second-order valence-electron chi connectivity index (χ2n) is 2.75. The van der Waals surface area contributed by atoms with Crippen LogP contribution in [-0.4, -0.2) is 23.3 Å². The van der Waals surface area contributed by atoms with Crippen molar-refractivity contribution in [2.75, 3.05) is 7.11 Å². The van der Waals surface area contributed by atoms with Crippen LogP contribution in [0.5, 0.6) is 5.75 Å².